The van der Waals surface area contributed by atoms with Gasteiger partial charge in [0.25, 0.3) is 5.91 Å². The topological polar surface area (TPSA) is 76.7 Å². The van der Waals surface area contributed by atoms with Crippen LogP contribution in [-0.4, -0.2) is 25.2 Å². The summed E-state index contributed by atoms with van der Waals surface area (Å²) < 4.78 is 10.1. The van der Waals surface area contributed by atoms with Crippen LogP contribution in [0.2, 0.25) is 0 Å². The number of rotatable bonds is 6. The molecule has 2 amide bonds. The molecule has 0 fully saturated rings. The first-order chi connectivity index (χ1) is 10.9. The maximum atomic E-state index is 12.2. The lowest BCUT2D eigenvalue weighted by atomic mass is 10.1. The van der Waals surface area contributed by atoms with Gasteiger partial charge in [0.1, 0.15) is 11.4 Å². The smallest absolute Gasteiger partial charge is 0.412 e. The van der Waals surface area contributed by atoms with E-state index in [-0.39, 0.29) is 23.8 Å². The van der Waals surface area contributed by atoms with Crippen LogP contribution in [0.5, 0.6) is 5.75 Å². The first-order valence-electron chi connectivity index (χ1n) is 7.46. The molecule has 23 heavy (non-hydrogen) atoms. The molecule has 0 bridgehead atoms. The van der Waals surface area contributed by atoms with Crippen molar-refractivity contribution < 1.29 is 19.1 Å². The fraction of sp³-hybridized carbons (Fsp3) is 0.412. The average Bonchev–Trinajstić information content (AvgIpc) is 2.51. The van der Waals surface area contributed by atoms with Gasteiger partial charge in [-0.3, -0.25) is 10.1 Å². The van der Waals surface area contributed by atoms with Crippen LogP contribution in [0.25, 0.3) is 0 Å². The molecule has 2 N–H and O–H groups in total. The molecule has 0 aliphatic carbocycles. The van der Waals surface area contributed by atoms with Crippen LogP contribution >= 0.6 is 0 Å². The largest absolute Gasteiger partial charge is 0.497 e. The summed E-state index contributed by atoms with van der Waals surface area (Å²) in [5.41, 5.74) is 1.08. The molecule has 6 nitrogen and oxygen atoms in total. The predicted octanol–water partition coefficient (Wildman–Crippen LogP) is 2.91. The zero-order valence-corrected chi connectivity index (χ0v) is 14.2. The lowest BCUT2D eigenvalue weighted by Crippen LogP contribution is -2.37. The van der Waals surface area contributed by atoms with Crippen molar-refractivity contribution in [2.75, 3.05) is 7.11 Å². The number of methoxy groups -OCH3 is 1. The van der Waals surface area contributed by atoms with Gasteiger partial charge in [-0.2, -0.15) is 0 Å². The lowest BCUT2D eigenvalue weighted by molar-refractivity contribution is -0.118. The Morgan fingerprint density at radius 2 is 1.74 bits per heavy atom. The molecule has 0 radical (unpaired) electrons. The van der Waals surface area contributed by atoms with Crippen LogP contribution in [0.4, 0.5) is 4.79 Å². The van der Waals surface area contributed by atoms with Crippen LogP contribution < -0.4 is 15.4 Å². The Bertz CT molecular complexity index is 564. The van der Waals surface area contributed by atoms with E-state index in [4.69, 9.17) is 9.47 Å². The quantitative estimate of drug-likeness (QED) is 0.790. The number of amides is 2. The molecular weight excluding hydrogens is 296 g/mol. The molecule has 1 unspecified atom stereocenters. The second-order valence-corrected chi connectivity index (χ2v) is 5.25. The van der Waals surface area contributed by atoms with E-state index in [0.717, 1.165) is 11.3 Å². The zero-order valence-electron chi connectivity index (χ0n) is 14.2. The van der Waals surface area contributed by atoms with E-state index in [1.54, 1.807) is 27.9 Å². The van der Waals surface area contributed by atoms with Gasteiger partial charge in [-0.15, -0.1) is 0 Å². The number of hydrogen-bond acceptors (Lipinski definition) is 4. The number of carbonyl (C=O) groups excluding carboxylic acids is 2. The zero-order chi connectivity index (χ0) is 17.4. The molecule has 0 saturated heterocycles. The number of carbonyl (C=O) groups is 2. The molecule has 0 aromatic heterocycles. The molecule has 1 rings (SSSR count). The molecule has 0 saturated carbocycles. The molecule has 0 aliphatic rings. The van der Waals surface area contributed by atoms with E-state index in [0.29, 0.717) is 0 Å². The SMILES string of the molecule is C/C=C(/NC(=O)OC(C)C)C(=O)NC(C)c1ccc(OC)cc1. The molecule has 0 spiro atoms. The van der Waals surface area contributed by atoms with E-state index in [1.807, 2.05) is 31.2 Å². The fourth-order valence-corrected chi connectivity index (χ4v) is 1.86. The van der Waals surface area contributed by atoms with Crippen molar-refractivity contribution in [3.05, 3.63) is 41.6 Å². The third-order valence-corrected chi connectivity index (χ3v) is 3.08. The molecule has 0 aliphatic heterocycles. The van der Waals surface area contributed by atoms with E-state index in [9.17, 15) is 9.59 Å². The number of alkyl carbamates (subject to hydrolysis) is 1. The standard InChI is InChI=1S/C17H24N2O4/c1-6-15(19-17(21)23-11(2)3)16(20)18-12(4)13-7-9-14(22-5)10-8-13/h6-12H,1-5H3,(H,18,20)(H,19,21)/b15-6+. The van der Waals surface area contributed by atoms with Crippen molar-refractivity contribution in [1.29, 1.82) is 0 Å². The maximum Gasteiger partial charge on any atom is 0.412 e. The Morgan fingerprint density at radius 3 is 2.22 bits per heavy atom. The number of benzene rings is 1. The molecule has 0 heterocycles. The molecular formula is C17H24N2O4. The summed E-state index contributed by atoms with van der Waals surface area (Å²) in [5.74, 6) is 0.371. The van der Waals surface area contributed by atoms with Crippen LogP contribution in [0.3, 0.4) is 0 Å². The molecule has 1 aromatic carbocycles. The maximum absolute atomic E-state index is 12.2. The average molecular weight is 320 g/mol. The van der Waals surface area contributed by atoms with E-state index < -0.39 is 6.09 Å². The Hall–Kier alpha value is -2.50. The Labute approximate surface area is 136 Å². The fourth-order valence-electron chi connectivity index (χ4n) is 1.86. The van der Waals surface area contributed by atoms with Crippen molar-refractivity contribution in [3.8, 4) is 5.75 Å². The minimum Gasteiger partial charge on any atom is -0.497 e. The summed E-state index contributed by atoms with van der Waals surface area (Å²) in [5, 5.41) is 5.27. The second kappa shape index (κ2) is 8.82. The number of hydrogen-bond donors (Lipinski definition) is 2. The predicted molar refractivity (Wildman–Crippen MR) is 88.1 cm³/mol. The molecule has 6 heteroatoms. The van der Waals surface area contributed by atoms with Crippen molar-refractivity contribution >= 4 is 12.0 Å². The highest BCUT2D eigenvalue weighted by molar-refractivity contribution is 5.96. The van der Waals surface area contributed by atoms with Crippen molar-refractivity contribution in [2.45, 2.75) is 39.8 Å². The van der Waals surface area contributed by atoms with E-state index in [1.165, 1.54) is 6.08 Å². The summed E-state index contributed by atoms with van der Waals surface area (Å²) >= 11 is 0. The van der Waals surface area contributed by atoms with Gasteiger partial charge in [0.2, 0.25) is 0 Å². The van der Waals surface area contributed by atoms with E-state index in [2.05, 4.69) is 10.6 Å². The van der Waals surface area contributed by atoms with Crippen molar-refractivity contribution in [2.24, 2.45) is 0 Å². The van der Waals surface area contributed by atoms with Crippen LogP contribution in [-0.2, 0) is 9.53 Å². The Kier molecular flexibility index (Phi) is 7.12. The van der Waals surface area contributed by atoms with Gasteiger partial charge in [-0.05, 0) is 45.4 Å². The first kappa shape index (κ1) is 18.5. The van der Waals surface area contributed by atoms with Crippen LogP contribution in [0, 0.1) is 0 Å². The van der Waals surface area contributed by atoms with Gasteiger partial charge in [0.05, 0.1) is 19.3 Å². The van der Waals surface area contributed by atoms with Crippen molar-refractivity contribution in [1.82, 2.24) is 10.6 Å². The first-order valence-corrected chi connectivity index (χ1v) is 7.46. The van der Waals surface area contributed by atoms with E-state index >= 15 is 0 Å². The molecule has 126 valence electrons. The monoisotopic (exact) mass is 320 g/mol. The molecule has 1 aromatic rings. The highest BCUT2D eigenvalue weighted by atomic mass is 16.6. The van der Waals surface area contributed by atoms with Gasteiger partial charge < -0.3 is 14.8 Å². The summed E-state index contributed by atoms with van der Waals surface area (Å²) in [6.07, 6.45) is 0.618. The van der Waals surface area contributed by atoms with Crippen LogP contribution in [0.15, 0.2) is 36.0 Å². The summed E-state index contributed by atoms with van der Waals surface area (Å²) in [4.78, 5) is 23.8. The highest BCUT2D eigenvalue weighted by Crippen LogP contribution is 2.17. The number of ether oxygens (including phenoxy) is 2. The molecule has 1 atom stereocenters. The summed E-state index contributed by atoms with van der Waals surface area (Å²) in [6.45, 7) is 7.00. The summed E-state index contributed by atoms with van der Waals surface area (Å²) in [6, 6.07) is 7.19. The van der Waals surface area contributed by atoms with Crippen molar-refractivity contribution in [3.63, 3.8) is 0 Å². The van der Waals surface area contributed by atoms with Gasteiger partial charge >= 0.3 is 6.09 Å². The Balaban J connectivity index is 2.66. The minimum absolute atomic E-state index is 0.149. The minimum atomic E-state index is -0.652. The van der Waals surface area contributed by atoms with Gasteiger partial charge in [0.15, 0.2) is 0 Å². The lowest BCUT2D eigenvalue weighted by Gasteiger charge is -2.17. The number of nitrogens with one attached hydrogen (secondary N) is 2. The second-order valence-electron chi connectivity index (χ2n) is 5.25. The highest BCUT2D eigenvalue weighted by Gasteiger charge is 2.16. The summed E-state index contributed by atoms with van der Waals surface area (Å²) in [7, 11) is 1.60. The van der Waals surface area contributed by atoms with Gasteiger partial charge in [-0.25, -0.2) is 4.79 Å². The normalized spacial score (nSPS) is 12.5. The number of allylic oxidation sites excluding steroid dienone is 1. The third kappa shape index (κ3) is 6.02. The van der Waals surface area contributed by atoms with Crippen LogP contribution in [0.1, 0.15) is 39.3 Å². The third-order valence-electron chi connectivity index (χ3n) is 3.08. The van der Waals surface area contributed by atoms with Gasteiger partial charge in [-0.1, -0.05) is 18.2 Å². The van der Waals surface area contributed by atoms with Gasteiger partial charge in [0, 0.05) is 0 Å². The Morgan fingerprint density at radius 1 is 1.13 bits per heavy atom.